The molecule has 43 heavy (non-hydrogen) atoms. The summed E-state index contributed by atoms with van der Waals surface area (Å²) < 4.78 is 68.8. The Morgan fingerprint density at radius 2 is 1.56 bits per heavy atom. The number of carboxylic acid groups (broad SMARTS) is 2. The highest BCUT2D eigenvalue weighted by Crippen LogP contribution is 2.56. The van der Waals surface area contributed by atoms with E-state index in [4.69, 9.17) is 24.2 Å². The van der Waals surface area contributed by atoms with Gasteiger partial charge in [-0.1, -0.05) is 6.07 Å². The summed E-state index contributed by atoms with van der Waals surface area (Å²) in [5, 5.41) is 17.3. The van der Waals surface area contributed by atoms with Crippen molar-refractivity contribution in [2.24, 2.45) is 10.8 Å². The number of amides is 2. The van der Waals surface area contributed by atoms with Gasteiger partial charge in [0.25, 0.3) is 5.91 Å². The van der Waals surface area contributed by atoms with Crippen LogP contribution in [0.4, 0.5) is 26.3 Å². The van der Waals surface area contributed by atoms with Crippen LogP contribution >= 0.6 is 0 Å². The number of carbonyl (C=O) groups is 4. The zero-order valence-corrected chi connectivity index (χ0v) is 22.5. The number of hydrogen-bond acceptors (Lipinski definition) is 7. The Kier molecular flexibility index (Phi) is 10.1. The van der Waals surface area contributed by atoms with Crippen molar-refractivity contribution in [3.63, 3.8) is 0 Å². The third kappa shape index (κ3) is 7.82. The molecule has 2 aromatic rings. The second kappa shape index (κ2) is 13.0. The molecule has 1 atom stereocenters. The molecule has 0 bridgehead atoms. The summed E-state index contributed by atoms with van der Waals surface area (Å²) in [5.74, 6) is -4.99. The largest absolute Gasteiger partial charge is 0.490 e. The summed E-state index contributed by atoms with van der Waals surface area (Å²) >= 11 is 0. The van der Waals surface area contributed by atoms with Crippen LogP contribution in [0.15, 0.2) is 47.3 Å². The lowest BCUT2D eigenvalue weighted by Crippen LogP contribution is -2.53. The number of carboxylic acids is 2. The molecule has 3 fully saturated rings. The van der Waals surface area contributed by atoms with Crippen molar-refractivity contribution >= 4 is 23.8 Å². The van der Waals surface area contributed by atoms with Crippen LogP contribution in [-0.2, 0) is 20.9 Å². The molecule has 17 heteroatoms. The van der Waals surface area contributed by atoms with E-state index < -0.39 is 24.3 Å². The Labute approximate surface area is 240 Å². The van der Waals surface area contributed by atoms with E-state index in [0.29, 0.717) is 18.8 Å². The third-order valence-corrected chi connectivity index (χ3v) is 7.66. The number of fused-ring (bicyclic) bond motifs is 1. The lowest BCUT2D eigenvalue weighted by atomic mass is 9.60. The Bertz CT molecular complexity index is 1260. The lowest BCUT2D eigenvalue weighted by molar-refractivity contribution is -0.193. The van der Waals surface area contributed by atoms with Crippen LogP contribution in [-0.4, -0.2) is 93.8 Å². The molecule has 236 valence electrons. The molecule has 11 nitrogen and oxygen atoms in total. The van der Waals surface area contributed by atoms with Gasteiger partial charge in [-0.05, 0) is 43.0 Å². The number of likely N-dealkylation sites (tertiary alicyclic amines) is 2. The van der Waals surface area contributed by atoms with Crippen LogP contribution in [0, 0.1) is 10.8 Å². The second-order valence-corrected chi connectivity index (χ2v) is 10.3. The van der Waals surface area contributed by atoms with Crippen LogP contribution in [0.2, 0.25) is 0 Å². The summed E-state index contributed by atoms with van der Waals surface area (Å²) in [6, 6.07) is 7.50. The van der Waals surface area contributed by atoms with E-state index in [1.165, 1.54) is 11.8 Å². The van der Waals surface area contributed by atoms with Crippen molar-refractivity contribution in [2.75, 3.05) is 32.7 Å². The van der Waals surface area contributed by atoms with Crippen LogP contribution in [0.5, 0.6) is 0 Å². The standard InChI is InChI=1S/C22H26N4O3.2C2HF3O2/c27-19(18-4-2-12-29-18)26-10-6-21(7-11-26)15-25(14-17-3-1-8-23-13-17)16-22(21)5-9-24-20(22)28;2*3-2(4,5)1(6)7/h1-4,8,12-13H,5-7,9-11,14-16H2,(H,24,28);2*(H,6,7). The molecule has 5 rings (SSSR count). The van der Waals surface area contributed by atoms with Crippen LogP contribution in [0.1, 0.15) is 35.4 Å². The van der Waals surface area contributed by atoms with E-state index in [9.17, 15) is 35.9 Å². The number of halogens is 6. The minimum absolute atomic E-state index is 0.0556. The fourth-order valence-electron chi connectivity index (χ4n) is 5.71. The molecular weight excluding hydrogens is 594 g/mol. The quantitative estimate of drug-likeness (QED) is 0.438. The molecule has 5 heterocycles. The molecule has 3 N–H and O–H groups in total. The Hall–Kier alpha value is -4.15. The van der Waals surface area contributed by atoms with Crippen molar-refractivity contribution < 1.29 is 60.2 Å². The van der Waals surface area contributed by atoms with Crippen molar-refractivity contribution in [1.82, 2.24) is 20.1 Å². The summed E-state index contributed by atoms with van der Waals surface area (Å²) in [6.07, 6.45) is -2.39. The number of nitrogens with zero attached hydrogens (tertiary/aromatic N) is 3. The number of piperidine rings is 1. The first-order chi connectivity index (χ1) is 20.0. The second-order valence-electron chi connectivity index (χ2n) is 10.3. The van der Waals surface area contributed by atoms with E-state index in [2.05, 4.69) is 21.3 Å². The van der Waals surface area contributed by atoms with Gasteiger partial charge < -0.3 is 24.8 Å². The molecule has 2 spiro atoms. The highest BCUT2D eigenvalue weighted by molar-refractivity contribution is 5.91. The first-order valence-electron chi connectivity index (χ1n) is 12.8. The van der Waals surface area contributed by atoms with Gasteiger partial charge in [-0.3, -0.25) is 19.5 Å². The number of aromatic nitrogens is 1. The summed E-state index contributed by atoms with van der Waals surface area (Å²) in [7, 11) is 0. The van der Waals surface area contributed by atoms with E-state index >= 15 is 0 Å². The average molecular weight is 623 g/mol. The molecule has 3 aliphatic rings. The average Bonchev–Trinajstić information content (AvgIpc) is 3.66. The molecule has 2 amide bonds. The number of aliphatic carboxylic acids is 2. The topological polar surface area (TPSA) is 153 Å². The lowest BCUT2D eigenvalue weighted by Gasteiger charge is -2.46. The number of alkyl halides is 6. The predicted molar refractivity (Wildman–Crippen MR) is 133 cm³/mol. The molecule has 3 saturated heterocycles. The van der Waals surface area contributed by atoms with Gasteiger partial charge in [0.15, 0.2) is 5.76 Å². The maximum Gasteiger partial charge on any atom is 0.490 e. The minimum atomic E-state index is -5.08. The van der Waals surface area contributed by atoms with E-state index in [0.717, 1.165) is 45.4 Å². The molecule has 0 aliphatic carbocycles. The van der Waals surface area contributed by atoms with Gasteiger partial charge in [0, 0.05) is 57.1 Å². The van der Waals surface area contributed by atoms with Gasteiger partial charge in [0.2, 0.25) is 5.91 Å². The monoisotopic (exact) mass is 622 g/mol. The van der Waals surface area contributed by atoms with Crippen molar-refractivity contribution in [3.05, 3.63) is 54.2 Å². The number of nitrogens with one attached hydrogen (secondary N) is 1. The molecular formula is C26H28F6N4O7. The Morgan fingerprint density at radius 1 is 0.953 bits per heavy atom. The summed E-state index contributed by atoms with van der Waals surface area (Å²) in [5.41, 5.74) is 0.730. The Morgan fingerprint density at radius 3 is 2.00 bits per heavy atom. The van der Waals surface area contributed by atoms with Gasteiger partial charge in [-0.25, -0.2) is 9.59 Å². The van der Waals surface area contributed by atoms with Crippen LogP contribution in [0.3, 0.4) is 0 Å². The number of pyridine rings is 1. The van der Waals surface area contributed by atoms with E-state index in [1.807, 2.05) is 17.2 Å². The fourth-order valence-corrected chi connectivity index (χ4v) is 5.71. The van der Waals surface area contributed by atoms with Gasteiger partial charge in [0.05, 0.1) is 11.7 Å². The maximum absolute atomic E-state index is 13.0. The number of furan rings is 1. The smallest absolute Gasteiger partial charge is 0.475 e. The highest BCUT2D eigenvalue weighted by atomic mass is 19.4. The molecule has 0 aromatic carbocycles. The molecule has 3 aliphatic heterocycles. The normalized spacial score (nSPS) is 21.4. The molecule has 1 unspecified atom stereocenters. The predicted octanol–water partition coefficient (Wildman–Crippen LogP) is 3.19. The number of carbonyl (C=O) groups excluding carboxylic acids is 2. The van der Waals surface area contributed by atoms with E-state index in [1.54, 1.807) is 18.3 Å². The molecule has 0 radical (unpaired) electrons. The summed E-state index contributed by atoms with van der Waals surface area (Å²) in [4.78, 5) is 52.0. The number of rotatable bonds is 3. The van der Waals surface area contributed by atoms with Crippen LogP contribution < -0.4 is 5.32 Å². The van der Waals surface area contributed by atoms with Crippen molar-refractivity contribution in [2.45, 2.75) is 38.2 Å². The van der Waals surface area contributed by atoms with Crippen LogP contribution in [0.25, 0.3) is 0 Å². The minimum Gasteiger partial charge on any atom is -0.475 e. The highest BCUT2D eigenvalue weighted by Gasteiger charge is 2.63. The summed E-state index contributed by atoms with van der Waals surface area (Å²) in [6.45, 7) is 4.54. The van der Waals surface area contributed by atoms with Gasteiger partial charge >= 0.3 is 24.3 Å². The third-order valence-electron chi connectivity index (χ3n) is 7.66. The van der Waals surface area contributed by atoms with Gasteiger partial charge in [0.1, 0.15) is 0 Å². The maximum atomic E-state index is 13.0. The molecule has 0 saturated carbocycles. The SMILES string of the molecule is O=C(O)C(F)(F)F.O=C(O)C(F)(F)F.O=C(c1ccco1)N1CCC2(CC1)CN(Cc1cccnc1)CC21CCNC1=O. The van der Waals surface area contributed by atoms with E-state index in [-0.39, 0.29) is 22.6 Å². The van der Waals surface area contributed by atoms with Gasteiger partial charge in [-0.15, -0.1) is 0 Å². The Balaban J connectivity index is 0.000000303. The van der Waals surface area contributed by atoms with Crippen molar-refractivity contribution in [3.8, 4) is 0 Å². The molecule has 2 aromatic heterocycles. The number of hydrogen-bond donors (Lipinski definition) is 3. The zero-order chi connectivity index (χ0) is 32.1. The zero-order valence-electron chi connectivity index (χ0n) is 22.5. The first kappa shape index (κ1) is 33.4. The first-order valence-corrected chi connectivity index (χ1v) is 12.8. The van der Waals surface area contributed by atoms with Gasteiger partial charge in [-0.2, -0.15) is 26.3 Å². The van der Waals surface area contributed by atoms with Crippen molar-refractivity contribution in [1.29, 1.82) is 0 Å². The fraction of sp³-hybridized carbons (Fsp3) is 0.500.